The Morgan fingerprint density at radius 2 is 1.81 bits per heavy atom. The minimum atomic E-state index is -3.46. The molecule has 0 radical (unpaired) electrons. The lowest BCUT2D eigenvalue weighted by Crippen LogP contribution is -2.33. The van der Waals surface area contributed by atoms with E-state index >= 15 is 0 Å². The van der Waals surface area contributed by atoms with Gasteiger partial charge in [0, 0.05) is 10.0 Å². The van der Waals surface area contributed by atoms with Gasteiger partial charge in [-0.25, -0.2) is 13.1 Å². The lowest BCUT2D eigenvalue weighted by molar-refractivity contribution is 0.0981. The Morgan fingerprint density at radius 3 is 2.31 bits per heavy atom. The maximum Gasteiger partial charge on any atom is 0.264 e. The van der Waals surface area contributed by atoms with Gasteiger partial charge in [0.05, 0.1) is 5.25 Å². The molecule has 0 bridgehead atoms. The van der Waals surface area contributed by atoms with Crippen molar-refractivity contribution in [1.82, 2.24) is 4.72 Å². The van der Waals surface area contributed by atoms with Gasteiger partial charge in [0.1, 0.15) is 0 Å². The molecule has 1 aromatic carbocycles. The van der Waals surface area contributed by atoms with E-state index in [1.54, 1.807) is 24.3 Å². The number of amides is 1. The van der Waals surface area contributed by atoms with Crippen LogP contribution in [0.5, 0.6) is 0 Å². The molecule has 0 aliphatic heterocycles. The van der Waals surface area contributed by atoms with Gasteiger partial charge in [-0.2, -0.15) is 0 Å². The van der Waals surface area contributed by atoms with Crippen LogP contribution in [0.25, 0.3) is 0 Å². The van der Waals surface area contributed by atoms with Crippen LogP contribution in [0.4, 0.5) is 0 Å². The summed E-state index contributed by atoms with van der Waals surface area (Å²) >= 11 is 3.24. The van der Waals surface area contributed by atoms with Crippen LogP contribution in [0.1, 0.15) is 23.2 Å². The molecule has 1 aromatic rings. The fraction of sp³-hybridized carbons (Fsp3) is 0.300. The zero-order valence-corrected chi connectivity index (χ0v) is 10.7. The van der Waals surface area contributed by atoms with Crippen molar-refractivity contribution < 1.29 is 13.2 Å². The van der Waals surface area contributed by atoms with Crippen molar-refractivity contribution in [2.45, 2.75) is 18.1 Å². The largest absolute Gasteiger partial charge is 0.268 e. The van der Waals surface area contributed by atoms with Crippen LogP contribution in [0, 0.1) is 0 Å². The van der Waals surface area contributed by atoms with Gasteiger partial charge in [0.15, 0.2) is 0 Å². The summed E-state index contributed by atoms with van der Waals surface area (Å²) in [6, 6.07) is 6.53. The molecule has 0 unspecified atom stereocenters. The number of carbonyl (C=O) groups excluding carboxylic acids is 1. The normalized spacial score (nSPS) is 15.8. The SMILES string of the molecule is O=C(NS(=O)(=O)C1CC1)c1ccc(Br)cc1. The number of sulfonamides is 1. The third-order valence-corrected chi connectivity index (χ3v) is 4.65. The van der Waals surface area contributed by atoms with Crippen LogP contribution in [-0.2, 0) is 10.0 Å². The van der Waals surface area contributed by atoms with Crippen molar-refractivity contribution in [2.75, 3.05) is 0 Å². The van der Waals surface area contributed by atoms with E-state index in [9.17, 15) is 13.2 Å². The first-order valence-electron chi connectivity index (χ1n) is 4.80. The molecule has 1 fully saturated rings. The fourth-order valence-electron chi connectivity index (χ4n) is 1.25. The molecule has 1 aliphatic carbocycles. The van der Waals surface area contributed by atoms with Crippen molar-refractivity contribution in [3.05, 3.63) is 34.3 Å². The molecule has 6 heteroatoms. The van der Waals surface area contributed by atoms with Gasteiger partial charge in [0.2, 0.25) is 10.0 Å². The van der Waals surface area contributed by atoms with Gasteiger partial charge in [-0.15, -0.1) is 0 Å². The molecule has 1 aliphatic rings. The number of hydrogen-bond acceptors (Lipinski definition) is 3. The average Bonchev–Trinajstić information content (AvgIpc) is 3.01. The molecule has 1 amide bonds. The molecule has 1 N–H and O–H groups in total. The van der Waals surface area contributed by atoms with Gasteiger partial charge >= 0.3 is 0 Å². The lowest BCUT2D eigenvalue weighted by Gasteiger charge is -2.05. The first kappa shape index (κ1) is 11.6. The van der Waals surface area contributed by atoms with Crippen LogP contribution < -0.4 is 4.72 Å². The number of nitrogens with one attached hydrogen (secondary N) is 1. The van der Waals surface area contributed by atoms with E-state index in [1.165, 1.54) is 0 Å². The van der Waals surface area contributed by atoms with E-state index in [0.717, 1.165) is 4.47 Å². The number of hydrogen-bond donors (Lipinski definition) is 1. The highest BCUT2D eigenvalue weighted by atomic mass is 79.9. The molecule has 0 spiro atoms. The molecule has 0 saturated heterocycles. The second kappa shape index (κ2) is 4.18. The van der Waals surface area contributed by atoms with E-state index in [-0.39, 0.29) is 5.25 Å². The molecule has 4 nitrogen and oxygen atoms in total. The smallest absolute Gasteiger partial charge is 0.264 e. The molecule has 0 atom stereocenters. The summed E-state index contributed by atoms with van der Waals surface area (Å²) in [4.78, 5) is 11.6. The van der Waals surface area contributed by atoms with Gasteiger partial charge in [-0.3, -0.25) is 4.79 Å². The summed E-state index contributed by atoms with van der Waals surface area (Å²) in [7, 11) is -3.46. The van der Waals surface area contributed by atoms with E-state index in [2.05, 4.69) is 20.7 Å². The van der Waals surface area contributed by atoms with Gasteiger partial charge in [0.25, 0.3) is 5.91 Å². The second-order valence-electron chi connectivity index (χ2n) is 3.68. The number of halogens is 1. The van der Waals surface area contributed by atoms with Gasteiger partial charge in [-0.1, -0.05) is 15.9 Å². The zero-order valence-electron chi connectivity index (χ0n) is 8.31. The summed E-state index contributed by atoms with van der Waals surface area (Å²) in [6.07, 6.45) is 1.28. The first-order valence-corrected chi connectivity index (χ1v) is 7.14. The van der Waals surface area contributed by atoms with Crippen molar-refractivity contribution in [2.24, 2.45) is 0 Å². The molecule has 0 aromatic heterocycles. The Kier molecular flexibility index (Phi) is 3.03. The Balaban J connectivity index is 2.11. The van der Waals surface area contributed by atoms with Gasteiger partial charge < -0.3 is 0 Å². The van der Waals surface area contributed by atoms with E-state index in [0.29, 0.717) is 18.4 Å². The summed E-state index contributed by atoms with van der Waals surface area (Å²) in [6.45, 7) is 0. The molecule has 16 heavy (non-hydrogen) atoms. The standard InChI is InChI=1S/C10H10BrNO3S/c11-8-3-1-7(2-4-8)10(13)12-16(14,15)9-5-6-9/h1-4,9H,5-6H2,(H,12,13). The van der Waals surface area contributed by atoms with Gasteiger partial charge in [-0.05, 0) is 37.1 Å². The van der Waals surface area contributed by atoms with Crippen molar-refractivity contribution in [1.29, 1.82) is 0 Å². The van der Waals surface area contributed by atoms with Crippen LogP contribution in [0.2, 0.25) is 0 Å². The molecular formula is C10H10BrNO3S. The number of rotatable bonds is 3. The van der Waals surface area contributed by atoms with Crippen molar-refractivity contribution in [3.63, 3.8) is 0 Å². The topological polar surface area (TPSA) is 63.2 Å². The molecule has 0 heterocycles. The summed E-state index contributed by atoms with van der Waals surface area (Å²) in [5.41, 5.74) is 0.340. The highest BCUT2D eigenvalue weighted by Gasteiger charge is 2.36. The lowest BCUT2D eigenvalue weighted by atomic mass is 10.2. The fourth-order valence-corrected chi connectivity index (χ4v) is 2.82. The van der Waals surface area contributed by atoms with Crippen LogP contribution in [0.3, 0.4) is 0 Å². The number of carbonyl (C=O) groups is 1. The highest BCUT2D eigenvalue weighted by Crippen LogP contribution is 2.27. The monoisotopic (exact) mass is 303 g/mol. The Bertz CT molecular complexity index is 505. The average molecular weight is 304 g/mol. The predicted molar refractivity (Wildman–Crippen MR) is 63.6 cm³/mol. The third-order valence-electron chi connectivity index (χ3n) is 2.30. The van der Waals surface area contributed by atoms with Crippen LogP contribution in [-0.4, -0.2) is 19.6 Å². The Hall–Kier alpha value is -0.880. The maximum atomic E-state index is 11.6. The van der Waals surface area contributed by atoms with E-state index < -0.39 is 15.9 Å². The quantitative estimate of drug-likeness (QED) is 0.924. The summed E-state index contributed by atoms with van der Waals surface area (Å²) < 4.78 is 25.9. The third kappa shape index (κ3) is 2.62. The first-order chi connectivity index (χ1) is 7.49. The molecule has 2 rings (SSSR count). The Labute approximate surface area is 102 Å². The minimum Gasteiger partial charge on any atom is -0.268 e. The summed E-state index contributed by atoms with van der Waals surface area (Å²) in [5.74, 6) is -0.570. The minimum absolute atomic E-state index is 0.340. The molecule has 86 valence electrons. The van der Waals surface area contributed by atoms with E-state index in [4.69, 9.17) is 0 Å². The summed E-state index contributed by atoms with van der Waals surface area (Å²) in [5, 5.41) is -0.383. The molecule has 1 saturated carbocycles. The zero-order chi connectivity index (χ0) is 11.8. The van der Waals surface area contributed by atoms with Crippen LogP contribution in [0.15, 0.2) is 28.7 Å². The number of benzene rings is 1. The van der Waals surface area contributed by atoms with Crippen molar-refractivity contribution in [3.8, 4) is 0 Å². The highest BCUT2D eigenvalue weighted by molar-refractivity contribution is 9.10. The second-order valence-corrected chi connectivity index (χ2v) is 6.56. The van der Waals surface area contributed by atoms with Crippen LogP contribution >= 0.6 is 15.9 Å². The molecular weight excluding hydrogens is 294 g/mol. The Morgan fingerprint density at radius 1 is 1.25 bits per heavy atom. The predicted octanol–water partition coefficient (Wildman–Crippen LogP) is 1.67. The maximum absolute atomic E-state index is 11.6. The van der Waals surface area contributed by atoms with Crippen molar-refractivity contribution >= 4 is 31.9 Å². The van der Waals surface area contributed by atoms with E-state index in [1.807, 2.05) is 0 Å².